The van der Waals surface area contributed by atoms with Gasteiger partial charge in [-0.15, -0.1) is 0 Å². The quantitative estimate of drug-likeness (QED) is 0.0848. The number of unbranched alkanes of at least 4 members (excludes halogenated alkanes) is 1. The highest BCUT2D eigenvalue weighted by molar-refractivity contribution is 7.89. The van der Waals surface area contributed by atoms with Crippen LogP contribution in [0, 0.1) is 11.8 Å². The highest BCUT2D eigenvalue weighted by Crippen LogP contribution is 2.46. The van der Waals surface area contributed by atoms with Gasteiger partial charge in [0.15, 0.2) is 0 Å². The molecule has 0 saturated heterocycles. The zero-order chi connectivity index (χ0) is 40.9. The molecule has 4 aromatic rings. The van der Waals surface area contributed by atoms with Crippen molar-refractivity contribution in [1.29, 1.82) is 0 Å². The Hall–Kier alpha value is -4.55. The van der Waals surface area contributed by atoms with Gasteiger partial charge in [-0.2, -0.15) is 4.31 Å². The second-order valence-electron chi connectivity index (χ2n) is 15.9. The second kappa shape index (κ2) is 18.2. The highest BCUT2D eigenvalue weighted by Gasteiger charge is 2.44. The van der Waals surface area contributed by atoms with E-state index in [4.69, 9.17) is 25.8 Å². The van der Waals surface area contributed by atoms with E-state index in [2.05, 4.69) is 17.0 Å². The zero-order valence-electron chi connectivity index (χ0n) is 33.2. The summed E-state index contributed by atoms with van der Waals surface area (Å²) >= 11 is 6.42. The molecule has 2 N–H and O–H groups in total. The third-order valence-corrected chi connectivity index (χ3v) is 14.3. The summed E-state index contributed by atoms with van der Waals surface area (Å²) in [6, 6.07) is 26.0. The SMILES string of the molecule is COc1ccc(CN(Cc2ccc(OC)cc2)S(=O)(=O)CCC/C=C/[C@H](O)[C@@H]2CC[C@H]2CN2CC3(CCCc4cc(Cl)ccc43)COc3ccc(C(=O)O)cc32)cc1. The number of nitrogens with zero attached hydrogens (tertiary/aromatic N) is 2. The maximum Gasteiger partial charge on any atom is 0.335 e. The maximum absolute atomic E-state index is 13.8. The number of anilines is 1. The van der Waals surface area contributed by atoms with Crippen molar-refractivity contribution in [3.05, 3.63) is 130 Å². The number of ether oxygens (including phenoxy) is 3. The number of carboxylic acid groups (broad SMARTS) is 1. The predicted molar refractivity (Wildman–Crippen MR) is 227 cm³/mol. The topological polar surface area (TPSA) is 126 Å². The number of methoxy groups -OCH3 is 2. The fraction of sp³-hybridized carbons (Fsp3) is 0.413. The van der Waals surface area contributed by atoms with Crippen LogP contribution in [0.25, 0.3) is 0 Å². The number of carbonyl (C=O) groups is 1. The first-order chi connectivity index (χ1) is 28.0. The monoisotopic (exact) mass is 828 g/mol. The Kier molecular flexibility index (Phi) is 13.0. The van der Waals surface area contributed by atoms with Crippen LogP contribution in [0.3, 0.4) is 0 Å². The molecule has 12 heteroatoms. The van der Waals surface area contributed by atoms with Gasteiger partial charge in [0.05, 0.1) is 43.9 Å². The van der Waals surface area contributed by atoms with Gasteiger partial charge in [-0.05, 0) is 134 Å². The summed E-state index contributed by atoms with van der Waals surface area (Å²) in [5.41, 5.74) is 4.87. The molecule has 1 aliphatic heterocycles. The third kappa shape index (κ3) is 9.49. The lowest BCUT2D eigenvalue weighted by atomic mass is 9.68. The lowest BCUT2D eigenvalue weighted by Crippen LogP contribution is -2.49. The lowest BCUT2D eigenvalue weighted by molar-refractivity contribution is 0.0456. The van der Waals surface area contributed by atoms with Gasteiger partial charge in [0.1, 0.15) is 17.2 Å². The number of aliphatic hydroxyl groups excluding tert-OH is 1. The average molecular weight is 829 g/mol. The van der Waals surface area contributed by atoms with E-state index in [1.807, 2.05) is 66.7 Å². The van der Waals surface area contributed by atoms with Crippen LogP contribution in [0.2, 0.25) is 5.02 Å². The van der Waals surface area contributed by atoms with Crippen molar-refractivity contribution in [2.45, 2.75) is 69.6 Å². The summed E-state index contributed by atoms with van der Waals surface area (Å²) in [5, 5.41) is 22.0. The van der Waals surface area contributed by atoms with Crippen molar-refractivity contribution < 1.29 is 37.6 Å². The molecule has 4 aromatic carbocycles. The minimum absolute atomic E-state index is 0.0214. The Morgan fingerprint density at radius 2 is 1.67 bits per heavy atom. The lowest BCUT2D eigenvalue weighted by Gasteiger charge is -2.45. The summed E-state index contributed by atoms with van der Waals surface area (Å²) in [5.74, 6) is 1.26. The van der Waals surface area contributed by atoms with Crippen molar-refractivity contribution >= 4 is 33.3 Å². The number of hydrogen-bond acceptors (Lipinski definition) is 8. The molecule has 0 aromatic heterocycles. The maximum atomic E-state index is 13.8. The molecule has 4 atom stereocenters. The Labute approximate surface area is 347 Å². The zero-order valence-corrected chi connectivity index (χ0v) is 34.8. The summed E-state index contributed by atoms with van der Waals surface area (Å²) in [6.07, 6.45) is 8.66. The van der Waals surface area contributed by atoms with E-state index in [-0.39, 0.29) is 41.7 Å². The molecule has 1 heterocycles. The smallest absolute Gasteiger partial charge is 0.335 e. The van der Waals surface area contributed by atoms with Crippen LogP contribution in [-0.4, -0.2) is 74.7 Å². The standard InChI is InChI=1S/C46H53ClN2O8S/c1-55-38-16-9-32(10-17-38)27-49(28-33-11-18-39(56-2)19-12-33)58(53,54)24-5-3-4-8-43(50)40-20-13-36(40)29-48-30-46(23-6-7-34-25-37(47)15-21-41(34)46)31-57-44-22-14-35(45(51)52)26-42(44)48/h4,8-12,14-19,21-22,25-26,36,40,43,50H,3,5-7,13,20,23-24,27-31H2,1-2H3,(H,51,52)/b8-4+/t36-,40+,43-,46?/m0/s1. The highest BCUT2D eigenvalue weighted by atomic mass is 35.5. The number of halogens is 1. The molecule has 1 spiro atoms. The molecular weight excluding hydrogens is 776 g/mol. The first-order valence-corrected chi connectivity index (χ1v) is 22.1. The van der Waals surface area contributed by atoms with E-state index >= 15 is 0 Å². The van der Waals surface area contributed by atoms with E-state index in [0.29, 0.717) is 54.8 Å². The van der Waals surface area contributed by atoms with Crippen molar-refractivity contribution in [3.8, 4) is 17.2 Å². The van der Waals surface area contributed by atoms with Crippen LogP contribution in [0.1, 0.15) is 71.1 Å². The first-order valence-electron chi connectivity index (χ1n) is 20.1. The number of benzene rings is 4. The van der Waals surface area contributed by atoms with Crippen LogP contribution < -0.4 is 19.1 Å². The minimum Gasteiger partial charge on any atom is -0.497 e. The number of sulfonamides is 1. The number of aryl methyl sites for hydroxylation is 1. The third-order valence-electron chi connectivity index (χ3n) is 12.2. The van der Waals surface area contributed by atoms with Crippen molar-refractivity contribution in [2.24, 2.45) is 11.8 Å². The Morgan fingerprint density at radius 1 is 0.983 bits per heavy atom. The van der Waals surface area contributed by atoms with E-state index in [9.17, 15) is 23.4 Å². The van der Waals surface area contributed by atoms with Crippen LogP contribution in [0.15, 0.2) is 97.1 Å². The van der Waals surface area contributed by atoms with Gasteiger partial charge in [0.2, 0.25) is 10.0 Å². The Morgan fingerprint density at radius 3 is 2.29 bits per heavy atom. The molecule has 308 valence electrons. The van der Waals surface area contributed by atoms with Gasteiger partial charge >= 0.3 is 5.97 Å². The fourth-order valence-electron chi connectivity index (χ4n) is 8.81. The number of allylic oxidation sites excluding steroid dienone is 1. The number of rotatable bonds is 16. The van der Waals surface area contributed by atoms with Crippen molar-refractivity contribution in [1.82, 2.24) is 4.31 Å². The van der Waals surface area contributed by atoms with E-state index in [0.717, 1.165) is 48.9 Å². The molecule has 1 fully saturated rings. The van der Waals surface area contributed by atoms with Crippen LogP contribution >= 0.6 is 11.6 Å². The molecule has 1 saturated carbocycles. The predicted octanol–water partition coefficient (Wildman–Crippen LogP) is 8.28. The van der Waals surface area contributed by atoms with Crippen LogP contribution in [0.5, 0.6) is 17.2 Å². The number of hydrogen-bond donors (Lipinski definition) is 2. The van der Waals surface area contributed by atoms with E-state index < -0.39 is 22.1 Å². The minimum atomic E-state index is -3.64. The largest absolute Gasteiger partial charge is 0.497 e. The summed E-state index contributed by atoms with van der Waals surface area (Å²) in [4.78, 5) is 14.4. The fourth-order valence-corrected chi connectivity index (χ4v) is 10.5. The van der Waals surface area contributed by atoms with Gasteiger partial charge < -0.3 is 29.3 Å². The van der Waals surface area contributed by atoms with Gasteiger partial charge in [-0.25, -0.2) is 13.2 Å². The number of fused-ring (bicyclic) bond motifs is 3. The Bertz CT molecular complexity index is 2150. The molecule has 10 nitrogen and oxygen atoms in total. The van der Waals surface area contributed by atoms with Crippen LogP contribution in [0.4, 0.5) is 5.69 Å². The molecule has 3 aliphatic rings. The number of aliphatic hydroxyl groups is 1. The number of carboxylic acids is 1. The molecule has 7 rings (SSSR count). The molecule has 2 aliphatic carbocycles. The van der Waals surface area contributed by atoms with Crippen LogP contribution in [-0.2, 0) is 34.9 Å². The van der Waals surface area contributed by atoms with Gasteiger partial charge in [-0.3, -0.25) is 0 Å². The summed E-state index contributed by atoms with van der Waals surface area (Å²) in [6.45, 7) is 2.24. The molecule has 0 amide bonds. The van der Waals surface area contributed by atoms with Gasteiger partial charge in [-0.1, -0.05) is 54.1 Å². The normalized spacial score (nSPS) is 20.8. The van der Waals surface area contributed by atoms with E-state index in [1.165, 1.54) is 15.4 Å². The van der Waals surface area contributed by atoms with E-state index in [1.54, 1.807) is 32.4 Å². The summed E-state index contributed by atoms with van der Waals surface area (Å²) < 4.78 is 46.2. The average Bonchev–Trinajstić information content (AvgIpc) is 3.36. The molecule has 0 bridgehead atoms. The molecule has 0 radical (unpaired) electrons. The second-order valence-corrected chi connectivity index (χ2v) is 18.5. The molecule has 58 heavy (non-hydrogen) atoms. The van der Waals surface area contributed by atoms with Gasteiger partial charge in [0.25, 0.3) is 0 Å². The molecular formula is C46H53ClN2O8S. The van der Waals surface area contributed by atoms with Crippen molar-refractivity contribution in [3.63, 3.8) is 0 Å². The number of aromatic carboxylic acids is 1. The first kappa shape index (κ1) is 41.6. The van der Waals surface area contributed by atoms with Gasteiger partial charge in [0, 0.05) is 36.6 Å². The molecule has 1 unspecified atom stereocenters. The summed E-state index contributed by atoms with van der Waals surface area (Å²) in [7, 11) is -0.443. The Balaban J connectivity index is 1.00. The van der Waals surface area contributed by atoms with Crippen molar-refractivity contribution in [2.75, 3.05) is 44.6 Å².